The van der Waals surface area contributed by atoms with Crippen LogP contribution < -0.4 is 5.32 Å². The maximum Gasteiger partial charge on any atom is 0.0955 e. The summed E-state index contributed by atoms with van der Waals surface area (Å²) in [7, 11) is 1.99. The molecule has 2 rings (SSSR count). The maximum atomic E-state index is 5.59. The molecule has 0 fully saturated rings. The van der Waals surface area contributed by atoms with Crippen molar-refractivity contribution in [1.29, 1.82) is 0 Å². The Morgan fingerprint density at radius 1 is 1.50 bits per heavy atom. The average Bonchev–Trinajstić information content (AvgIpc) is 2.57. The number of nitrogens with one attached hydrogen (secondary N) is 1. The lowest BCUT2D eigenvalue weighted by Crippen LogP contribution is -2.01. The van der Waals surface area contributed by atoms with Crippen molar-refractivity contribution < 1.29 is 0 Å². The van der Waals surface area contributed by atoms with Gasteiger partial charge in [-0.2, -0.15) is 0 Å². The van der Waals surface area contributed by atoms with Crippen LogP contribution in [0.4, 0.5) is 5.69 Å². The number of aryl methyl sites for hydroxylation is 1. The number of benzene rings is 1. The van der Waals surface area contributed by atoms with Gasteiger partial charge in [0.05, 0.1) is 17.4 Å². The molecular formula is C10H12ClN3. The van der Waals surface area contributed by atoms with Crippen LogP contribution in [0.15, 0.2) is 24.5 Å². The Kier molecular flexibility index (Phi) is 2.59. The molecule has 1 N–H and O–H groups in total. The van der Waals surface area contributed by atoms with Gasteiger partial charge in [-0.1, -0.05) is 0 Å². The molecule has 2 aromatic rings. The summed E-state index contributed by atoms with van der Waals surface area (Å²) >= 11 is 5.59. The molecule has 0 amide bonds. The van der Waals surface area contributed by atoms with Gasteiger partial charge in [-0.05, 0) is 18.2 Å². The molecule has 1 aromatic heterocycles. The zero-order valence-electron chi connectivity index (χ0n) is 8.00. The predicted molar refractivity (Wildman–Crippen MR) is 59.9 cm³/mol. The third-order valence-electron chi connectivity index (χ3n) is 2.15. The number of nitrogens with zero attached hydrogens (tertiary/aromatic N) is 2. The summed E-state index contributed by atoms with van der Waals surface area (Å²) in [4.78, 5) is 4.28. The molecule has 0 aliphatic carbocycles. The monoisotopic (exact) mass is 209 g/mol. The summed E-state index contributed by atoms with van der Waals surface area (Å²) in [5.41, 5.74) is 3.21. The van der Waals surface area contributed by atoms with E-state index in [1.807, 2.05) is 30.1 Å². The molecule has 0 saturated heterocycles. The van der Waals surface area contributed by atoms with Gasteiger partial charge >= 0.3 is 0 Å². The molecule has 4 heteroatoms. The number of aromatic nitrogens is 2. The SMILES string of the molecule is Cn1cnc2cc(NCCCl)ccc21. The fraction of sp³-hybridized carbons (Fsp3) is 0.300. The molecule has 0 radical (unpaired) electrons. The second-order valence-electron chi connectivity index (χ2n) is 3.17. The number of halogens is 1. The summed E-state index contributed by atoms with van der Waals surface area (Å²) < 4.78 is 2.00. The third-order valence-corrected chi connectivity index (χ3v) is 2.34. The summed E-state index contributed by atoms with van der Waals surface area (Å²) in [5.74, 6) is 0.611. The van der Waals surface area contributed by atoms with Gasteiger partial charge in [-0.15, -0.1) is 11.6 Å². The molecule has 0 aliphatic heterocycles. The molecule has 1 heterocycles. The summed E-state index contributed by atoms with van der Waals surface area (Å²) in [6.45, 7) is 0.778. The van der Waals surface area contributed by atoms with E-state index in [0.29, 0.717) is 5.88 Å². The van der Waals surface area contributed by atoms with E-state index in [1.165, 1.54) is 0 Å². The number of fused-ring (bicyclic) bond motifs is 1. The van der Waals surface area contributed by atoms with Gasteiger partial charge in [0.15, 0.2) is 0 Å². The zero-order valence-corrected chi connectivity index (χ0v) is 8.75. The van der Waals surface area contributed by atoms with Crippen LogP contribution in [-0.4, -0.2) is 22.0 Å². The summed E-state index contributed by atoms with van der Waals surface area (Å²) in [5, 5.41) is 3.21. The second kappa shape index (κ2) is 3.88. The minimum Gasteiger partial charge on any atom is -0.384 e. The number of alkyl halides is 1. The lowest BCUT2D eigenvalue weighted by molar-refractivity contribution is 0.947. The molecular weight excluding hydrogens is 198 g/mol. The summed E-state index contributed by atoms with van der Waals surface area (Å²) in [6, 6.07) is 6.12. The lowest BCUT2D eigenvalue weighted by atomic mass is 10.2. The number of rotatable bonds is 3. The van der Waals surface area contributed by atoms with Crippen molar-refractivity contribution in [2.45, 2.75) is 0 Å². The molecule has 14 heavy (non-hydrogen) atoms. The van der Waals surface area contributed by atoms with Crippen molar-refractivity contribution in [3.8, 4) is 0 Å². The quantitative estimate of drug-likeness (QED) is 0.786. The fourth-order valence-electron chi connectivity index (χ4n) is 1.44. The van der Waals surface area contributed by atoms with Crippen LogP contribution in [0.5, 0.6) is 0 Å². The Hall–Kier alpha value is -1.22. The van der Waals surface area contributed by atoms with Crippen molar-refractivity contribution in [1.82, 2.24) is 9.55 Å². The zero-order chi connectivity index (χ0) is 9.97. The van der Waals surface area contributed by atoms with Crippen molar-refractivity contribution in [2.75, 3.05) is 17.7 Å². The largest absolute Gasteiger partial charge is 0.384 e. The van der Waals surface area contributed by atoms with Gasteiger partial charge in [-0.3, -0.25) is 0 Å². The Morgan fingerprint density at radius 3 is 3.14 bits per heavy atom. The van der Waals surface area contributed by atoms with Crippen molar-refractivity contribution in [2.24, 2.45) is 7.05 Å². The van der Waals surface area contributed by atoms with Crippen LogP contribution in [0.1, 0.15) is 0 Å². The van der Waals surface area contributed by atoms with Gasteiger partial charge < -0.3 is 9.88 Å². The van der Waals surface area contributed by atoms with Crippen LogP contribution in [-0.2, 0) is 7.05 Å². The predicted octanol–water partition coefficient (Wildman–Crippen LogP) is 2.22. The van der Waals surface area contributed by atoms with Gasteiger partial charge in [-0.25, -0.2) is 4.98 Å². The first kappa shape index (κ1) is 9.34. The minimum absolute atomic E-state index is 0.611. The van der Waals surface area contributed by atoms with Gasteiger partial charge in [0.2, 0.25) is 0 Å². The first-order valence-electron chi connectivity index (χ1n) is 4.52. The first-order chi connectivity index (χ1) is 6.81. The summed E-state index contributed by atoms with van der Waals surface area (Å²) in [6.07, 6.45) is 1.82. The molecule has 0 atom stereocenters. The molecule has 74 valence electrons. The van der Waals surface area contributed by atoms with Gasteiger partial charge in [0.25, 0.3) is 0 Å². The highest BCUT2D eigenvalue weighted by molar-refractivity contribution is 6.18. The molecule has 3 nitrogen and oxygen atoms in total. The Bertz CT molecular complexity index is 436. The molecule has 0 spiro atoms. The van der Waals surface area contributed by atoms with Crippen LogP contribution >= 0.6 is 11.6 Å². The Labute approximate surface area is 87.7 Å². The molecule has 0 saturated carbocycles. The molecule has 0 unspecified atom stereocenters. The molecule has 0 aliphatic rings. The van der Waals surface area contributed by atoms with E-state index in [9.17, 15) is 0 Å². The Morgan fingerprint density at radius 2 is 2.36 bits per heavy atom. The number of imidazole rings is 1. The average molecular weight is 210 g/mol. The topological polar surface area (TPSA) is 29.9 Å². The first-order valence-corrected chi connectivity index (χ1v) is 5.05. The third kappa shape index (κ3) is 1.68. The molecule has 0 bridgehead atoms. The van der Waals surface area contributed by atoms with E-state index >= 15 is 0 Å². The maximum absolute atomic E-state index is 5.59. The van der Waals surface area contributed by atoms with Gasteiger partial charge in [0.1, 0.15) is 0 Å². The van der Waals surface area contributed by atoms with Crippen molar-refractivity contribution in [3.05, 3.63) is 24.5 Å². The molecule has 1 aromatic carbocycles. The number of anilines is 1. The fourth-order valence-corrected chi connectivity index (χ4v) is 1.53. The van der Waals surface area contributed by atoms with E-state index < -0.39 is 0 Å². The van der Waals surface area contributed by atoms with Crippen LogP contribution in [0.25, 0.3) is 11.0 Å². The number of hydrogen-bond donors (Lipinski definition) is 1. The Balaban J connectivity index is 2.32. The van der Waals surface area contributed by atoms with Crippen LogP contribution in [0.2, 0.25) is 0 Å². The van der Waals surface area contributed by atoms with E-state index in [2.05, 4.69) is 16.4 Å². The standard InChI is InChI=1S/C10H12ClN3/c1-14-7-13-9-6-8(12-5-4-11)2-3-10(9)14/h2-3,6-7,12H,4-5H2,1H3. The second-order valence-corrected chi connectivity index (χ2v) is 3.55. The van der Waals surface area contributed by atoms with Crippen molar-refractivity contribution in [3.63, 3.8) is 0 Å². The van der Waals surface area contributed by atoms with E-state index in [4.69, 9.17) is 11.6 Å². The van der Waals surface area contributed by atoms with Crippen LogP contribution in [0.3, 0.4) is 0 Å². The highest BCUT2D eigenvalue weighted by Gasteiger charge is 1.99. The smallest absolute Gasteiger partial charge is 0.0955 e. The van der Waals surface area contributed by atoms with Gasteiger partial charge in [0, 0.05) is 25.2 Å². The van der Waals surface area contributed by atoms with E-state index in [-0.39, 0.29) is 0 Å². The van der Waals surface area contributed by atoms with E-state index in [0.717, 1.165) is 23.3 Å². The lowest BCUT2D eigenvalue weighted by Gasteiger charge is -2.03. The van der Waals surface area contributed by atoms with E-state index in [1.54, 1.807) is 0 Å². The number of hydrogen-bond acceptors (Lipinski definition) is 2. The van der Waals surface area contributed by atoms with Crippen molar-refractivity contribution >= 4 is 28.3 Å². The highest BCUT2D eigenvalue weighted by Crippen LogP contribution is 2.16. The normalized spacial score (nSPS) is 10.7. The van der Waals surface area contributed by atoms with Crippen LogP contribution in [0, 0.1) is 0 Å². The minimum atomic E-state index is 0.611. The highest BCUT2D eigenvalue weighted by atomic mass is 35.5.